The molecule has 0 aromatic heterocycles. The standard InChI is InChI=1S/C28H49N5O2/c1-35-24-11-6-18-12-17(2-3-19(18)13-24)16-33-25-15-21(27(30)31)5-4-20(25)14-26(33)28(34)32-23-9-7-22(29)8-10-23/h17-26H,2-16,29H2,1H3,(H3,30,31)(H,32,34). The number of nitrogens with one attached hydrogen (secondary N) is 2. The van der Waals surface area contributed by atoms with Crippen LogP contribution in [0.5, 0.6) is 0 Å². The number of methoxy groups -OCH3 is 1. The largest absolute Gasteiger partial charge is 0.387 e. The molecule has 1 heterocycles. The number of rotatable bonds is 6. The summed E-state index contributed by atoms with van der Waals surface area (Å²) < 4.78 is 5.68. The Morgan fingerprint density at radius 1 is 0.914 bits per heavy atom. The maximum Gasteiger partial charge on any atom is 0.237 e. The van der Waals surface area contributed by atoms with E-state index in [9.17, 15) is 4.79 Å². The number of nitrogens with two attached hydrogens (primary N) is 2. The fourth-order valence-electron chi connectivity index (χ4n) is 8.53. The monoisotopic (exact) mass is 487 g/mol. The molecule has 1 saturated heterocycles. The van der Waals surface area contributed by atoms with Crippen LogP contribution in [0.15, 0.2) is 0 Å². The number of fused-ring (bicyclic) bond motifs is 2. The van der Waals surface area contributed by atoms with Gasteiger partial charge >= 0.3 is 0 Å². The zero-order valence-corrected chi connectivity index (χ0v) is 21.8. The molecule has 8 atom stereocenters. The van der Waals surface area contributed by atoms with Crippen LogP contribution in [0.3, 0.4) is 0 Å². The second kappa shape index (κ2) is 11.1. The highest BCUT2D eigenvalue weighted by atomic mass is 16.5. The molecule has 0 spiro atoms. The van der Waals surface area contributed by atoms with Crippen molar-refractivity contribution < 1.29 is 9.53 Å². The van der Waals surface area contributed by atoms with Gasteiger partial charge in [-0.15, -0.1) is 0 Å². The van der Waals surface area contributed by atoms with Gasteiger partial charge < -0.3 is 21.5 Å². The van der Waals surface area contributed by atoms with Crippen molar-refractivity contribution in [3.8, 4) is 0 Å². The normalized spacial score (nSPS) is 44.3. The summed E-state index contributed by atoms with van der Waals surface area (Å²) in [5.41, 5.74) is 12.1. The van der Waals surface area contributed by atoms with Gasteiger partial charge in [0.2, 0.25) is 5.91 Å². The molecule has 7 heteroatoms. The Labute approximate surface area is 212 Å². The molecule has 0 radical (unpaired) electrons. The molecule has 0 aromatic rings. The molecule has 7 nitrogen and oxygen atoms in total. The Hall–Kier alpha value is -1.18. The summed E-state index contributed by atoms with van der Waals surface area (Å²) in [6.07, 6.45) is 16.2. The fraction of sp³-hybridized carbons (Fsp3) is 0.929. The highest BCUT2D eigenvalue weighted by Gasteiger charge is 2.48. The molecule has 0 aromatic carbocycles. The minimum atomic E-state index is -0.0201. The lowest BCUT2D eigenvalue weighted by Gasteiger charge is -2.44. The van der Waals surface area contributed by atoms with Crippen LogP contribution in [-0.2, 0) is 9.53 Å². The maximum absolute atomic E-state index is 13.6. The highest BCUT2D eigenvalue weighted by Crippen LogP contribution is 2.46. The van der Waals surface area contributed by atoms with Gasteiger partial charge in [0.1, 0.15) is 0 Å². The molecule has 4 aliphatic carbocycles. The number of nitrogens with zero attached hydrogens (tertiary/aromatic N) is 1. The first kappa shape index (κ1) is 25.5. The average Bonchev–Trinajstić information content (AvgIpc) is 3.22. The topological polar surface area (TPSA) is 117 Å². The third kappa shape index (κ3) is 5.72. The van der Waals surface area contributed by atoms with E-state index in [0.29, 0.717) is 35.9 Å². The lowest BCUT2D eigenvalue weighted by atomic mass is 9.66. The summed E-state index contributed by atoms with van der Waals surface area (Å²) in [5.74, 6) is 3.65. The molecule has 8 unspecified atom stereocenters. The van der Waals surface area contributed by atoms with Crippen LogP contribution in [0, 0.1) is 35.0 Å². The van der Waals surface area contributed by atoms with Crippen molar-refractivity contribution in [1.29, 1.82) is 5.41 Å². The SMILES string of the molecule is COC1CCC2CC(CN3C(C(=O)NC4CCC(N)CC4)CC4CCC(C(=N)N)CC43)CCC2C1. The minimum absolute atomic E-state index is 0.0201. The van der Waals surface area contributed by atoms with Gasteiger partial charge in [0.25, 0.3) is 0 Å². The Morgan fingerprint density at radius 3 is 2.37 bits per heavy atom. The van der Waals surface area contributed by atoms with E-state index in [1.807, 2.05) is 7.11 Å². The Morgan fingerprint density at radius 2 is 1.63 bits per heavy atom. The zero-order valence-electron chi connectivity index (χ0n) is 21.8. The van der Waals surface area contributed by atoms with Crippen LogP contribution >= 0.6 is 0 Å². The van der Waals surface area contributed by atoms with Crippen molar-refractivity contribution in [3.63, 3.8) is 0 Å². The number of amides is 1. The van der Waals surface area contributed by atoms with E-state index in [1.54, 1.807) is 0 Å². The first-order valence-corrected chi connectivity index (χ1v) is 14.6. The number of carbonyl (C=O) groups is 1. The first-order chi connectivity index (χ1) is 16.9. The number of amidine groups is 1. The van der Waals surface area contributed by atoms with Crippen LogP contribution in [-0.4, -0.2) is 60.6 Å². The van der Waals surface area contributed by atoms with E-state index in [2.05, 4.69) is 10.2 Å². The number of ether oxygens (including phenoxy) is 1. The second-order valence-electron chi connectivity index (χ2n) is 12.7. The molecular weight excluding hydrogens is 438 g/mol. The minimum Gasteiger partial charge on any atom is -0.387 e. The maximum atomic E-state index is 13.6. The quantitative estimate of drug-likeness (QED) is 0.338. The third-order valence-corrected chi connectivity index (χ3v) is 10.6. The van der Waals surface area contributed by atoms with E-state index in [0.717, 1.165) is 69.7 Å². The van der Waals surface area contributed by atoms with Crippen LogP contribution in [0.2, 0.25) is 0 Å². The number of hydrogen-bond donors (Lipinski definition) is 4. The average molecular weight is 488 g/mol. The molecule has 0 bridgehead atoms. The lowest BCUT2D eigenvalue weighted by molar-refractivity contribution is -0.127. The van der Waals surface area contributed by atoms with Crippen molar-refractivity contribution in [2.75, 3.05) is 13.7 Å². The van der Waals surface area contributed by atoms with E-state index in [4.69, 9.17) is 21.6 Å². The van der Waals surface area contributed by atoms with Crippen LogP contribution in [0.1, 0.15) is 89.9 Å². The molecule has 5 fully saturated rings. The summed E-state index contributed by atoms with van der Waals surface area (Å²) in [6.45, 7) is 1.04. The van der Waals surface area contributed by atoms with E-state index < -0.39 is 0 Å². The molecule has 6 N–H and O–H groups in total. The summed E-state index contributed by atoms with van der Waals surface area (Å²) in [4.78, 5) is 16.2. The van der Waals surface area contributed by atoms with Crippen LogP contribution in [0.25, 0.3) is 0 Å². The van der Waals surface area contributed by atoms with E-state index in [1.165, 1.54) is 38.5 Å². The van der Waals surface area contributed by atoms with Gasteiger partial charge in [0.05, 0.1) is 18.0 Å². The van der Waals surface area contributed by atoms with Crippen LogP contribution < -0.4 is 16.8 Å². The summed E-state index contributed by atoms with van der Waals surface area (Å²) in [7, 11) is 1.87. The predicted molar refractivity (Wildman–Crippen MR) is 139 cm³/mol. The van der Waals surface area contributed by atoms with Crippen molar-refractivity contribution in [2.24, 2.45) is 41.1 Å². The molecule has 1 amide bonds. The first-order valence-electron chi connectivity index (χ1n) is 14.6. The molecular formula is C28H49N5O2. The molecule has 5 rings (SSSR count). The van der Waals surface area contributed by atoms with Crippen molar-refractivity contribution in [3.05, 3.63) is 0 Å². The van der Waals surface area contributed by atoms with Gasteiger partial charge in [0, 0.05) is 37.7 Å². The Bertz CT molecular complexity index is 754. The van der Waals surface area contributed by atoms with Gasteiger partial charge in [-0.25, -0.2) is 0 Å². The third-order valence-electron chi connectivity index (χ3n) is 10.6. The summed E-state index contributed by atoms with van der Waals surface area (Å²) in [5, 5.41) is 11.5. The van der Waals surface area contributed by atoms with Gasteiger partial charge in [-0.2, -0.15) is 0 Å². The molecule has 5 aliphatic rings. The zero-order chi connectivity index (χ0) is 24.5. The molecule has 35 heavy (non-hydrogen) atoms. The Balaban J connectivity index is 1.26. The van der Waals surface area contributed by atoms with Crippen molar-refractivity contribution in [1.82, 2.24) is 10.2 Å². The van der Waals surface area contributed by atoms with E-state index in [-0.39, 0.29) is 23.9 Å². The highest BCUT2D eigenvalue weighted by molar-refractivity contribution is 5.83. The van der Waals surface area contributed by atoms with Gasteiger partial charge in [0.15, 0.2) is 0 Å². The molecule has 1 aliphatic heterocycles. The van der Waals surface area contributed by atoms with Gasteiger partial charge in [-0.1, -0.05) is 0 Å². The predicted octanol–water partition coefficient (Wildman–Crippen LogP) is 3.40. The number of carbonyl (C=O) groups excluding carboxylic acids is 1. The second-order valence-corrected chi connectivity index (χ2v) is 12.7. The lowest BCUT2D eigenvalue weighted by Crippen LogP contribution is -2.52. The Kier molecular flexibility index (Phi) is 8.05. The van der Waals surface area contributed by atoms with Gasteiger partial charge in [-0.05, 0) is 114 Å². The number of likely N-dealkylation sites (tertiary alicyclic amines) is 1. The summed E-state index contributed by atoms with van der Waals surface area (Å²) in [6, 6.07) is 0.957. The van der Waals surface area contributed by atoms with Crippen molar-refractivity contribution in [2.45, 2.75) is 120 Å². The fourth-order valence-corrected chi connectivity index (χ4v) is 8.53. The number of hydrogen-bond acceptors (Lipinski definition) is 5. The molecule has 198 valence electrons. The summed E-state index contributed by atoms with van der Waals surface area (Å²) >= 11 is 0. The van der Waals surface area contributed by atoms with Gasteiger partial charge in [-0.3, -0.25) is 15.1 Å². The van der Waals surface area contributed by atoms with Crippen molar-refractivity contribution >= 4 is 11.7 Å². The molecule has 4 saturated carbocycles. The smallest absolute Gasteiger partial charge is 0.237 e. The van der Waals surface area contributed by atoms with E-state index >= 15 is 0 Å². The van der Waals surface area contributed by atoms with Crippen LogP contribution in [0.4, 0.5) is 0 Å².